The number of hydrogen-bond donors (Lipinski definition) is 3. The second-order valence-electron chi connectivity index (χ2n) is 5.47. The van der Waals surface area contributed by atoms with Crippen molar-refractivity contribution in [3.63, 3.8) is 0 Å². The lowest BCUT2D eigenvalue weighted by Gasteiger charge is -2.31. The Labute approximate surface area is 120 Å². The van der Waals surface area contributed by atoms with Gasteiger partial charge in [-0.3, -0.25) is 4.79 Å². The summed E-state index contributed by atoms with van der Waals surface area (Å²) in [5, 5.41) is 6.17. The molecule has 4 N–H and O–H groups in total. The molecule has 0 atom stereocenters. The van der Waals surface area contributed by atoms with Crippen LogP contribution in [-0.4, -0.2) is 29.5 Å². The zero-order chi connectivity index (χ0) is 14.3. The van der Waals surface area contributed by atoms with Crippen molar-refractivity contribution < 1.29 is 4.79 Å². The maximum Gasteiger partial charge on any atom is 0.240 e. The third-order valence-corrected chi connectivity index (χ3v) is 3.81. The van der Waals surface area contributed by atoms with E-state index in [1.165, 1.54) is 6.42 Å². The van der Waals surface area contributed by atoms with Crippen LogP contribution in [0.3, 0.4) is 0 Å². The third kappa shape index (κ3) is 4.20. The van der Waals surface area contributed by atoms with Gasteiger partial charge >= 0.3 is 0 Å². The fourth-order valence-electron chi connectivity index (χ4n) is 2.56. The second kappa shape index (κ2) is 7.24. The normalized spacial score (nSPS) is 17.4. The molecule has 0 spiro atoms. The van der Waals surface area contributed by atoms with Crippen LogP contribution in [0.25, 0.3) is 0 Å². The molecule has 20 heavy (non-hydrogen) atoms. The average molecular weight is 276 g/mol. The van der Waals surface area contributed by atoms with Gasteiger partial charge < -0.3 is 16.4 Å². The summed E-state index contributed by atoms with van der Waals surface area (Å²) in [6, 6.07) is 5.75. The number of aromatic nitrogens is 1. The monoisotopic (exact) mass is 276 g/mol. The topological polar surface area (TPSA) is 80.0 Å². The second-order valence-corrected chi connectivity index (χ2v) is 5.47. The van der Waals surface area contributed by atoms with Gasteiger partial charge in [0.1, 0.15) is 5.82 Å². The molecule has 1 aromatic heterocycles. The minimum atomic E-state index is -0.632. The van der Waals surface area contributed by atoms with Gasteiger partial charge in [-0.2, -0.15) is 0 Å². The Morgan fingerprint density at radius 1 is 1.25 bits per heavy atom. The Bertz CT molecular complexity index is 415. The van der Waals surface area contributed by atoms with Gasteiger partial charge in [-0.05, 0) is 31.4 Å². The molecule has 1 aliphatic carbocycles. The third-order valence-electron chi connectivity index (χ3n) is 3.81. The molecule has 1 aliphatic rings. The van der Waals surface area contributed by atoms with E-state index in [4.69, 9.17) is 5.73 Å². The molecule has 110 valence electrons. The summed E-state index contributed by atoms with van der Waals surface area (Å²) in [5.74, 6) is 0.872. The van der Waals surface area contributed by atoms with Crippen molar-refractivity contribution in [1.82, 2.24) is 10.3 Å². The van der Waals surface area contributed by atoms with E-state index in [0.29, 0.717) is 6.54 Å². The summed E-state index contributed by atoms with van der Waals surface area (Å²) in [4.78, 5) is 16.3. The standard InChI is InChI=1S/C15H24N4O/c16-15(8-3-1-4-9-15)14(20)19-12-6-11-18-13-7-2-5-10-17-13/h2,5,7,10H,1,3-4,6,8-9,11-12,16H2,(H,17,18)(H,19,20). The highest BCUT2D eigenvalue weighted by atomic mass is 16.2. The van der Waals surface area contributed by atoms with E-state index in [0.717, 1.165) is 44.5 Å². The average Bonchev–Trinajstić information content (AvgIpc) is 2.48. The highest BCUT2D eigenvalue weighted by molar-refractivity contribution is 5.86. The minimum absolute atomic E-state index is 0.00929. The van der Waals surface area contributed by atoms with E-state index in [1.54, 1.807) is 6.20 Å². The maximum absolute atomic E-state index is 12.1. The van der Waals surface area contributed by atoms with Crippen LogP contribution in [0, 0.1) is 0 Å². The fourth-order valence-corrected chi connectivity index (χ4v) is 2.56. The SMILES string of the molecule is NC1(C(=O)NCCCNc2ccccn2)CCCCC1. The highest BCUT2D eigenvalue weighted by Gasteiger charge is 2.34. The molecule has 5 heteroatoms. The number of rotatable bonds is 6. The van der Waals surface area contributed by atoms with Crippen molar-refractivity contribution in [1.29, 1.82) is 0 Å². The number of nitrogens with one attached hydrogen (secondary N) is 2. The van der Waals surface area contributed by atoms with Gasteiger partial charge in [0.2, 0.25) is 5.91 Å². The van der Waals surface area contributed by atoms with Crippen LogP contribution in [0.5, 0.6) is 0 Å². The van der Waals surface area contributed by atoms with Crippen LogP contribution in [0.15, 0.2) is 24.4 Å². The molecule has 1 amide bonds. The van der Waals surface area contributed by atoms with Gasteiger partial charge in [-0.25, -0.2) is 4.98 Å². The van der Waals surface area contributed by atoms with E-state index in [9.17, 15) is 4.79 Å². The Balaban J connectivity index is 1.62. The first-order valence-corrected chi connectivity index (χ1v) is 7.43. The molecule has 1 fully saturated rings. The molecule has 0 unspecified atom stereocenters. The van der Waals surface area contributed by atoms with Crippen LogP contribution >= 0.6 is 0 Å². The van der Waals surface area contributed by atoms with Crippen LogP contribution in [0.2, 0.25) is 0 Å². The summed E-state index contributed by atoms with van der Waals surface area (Å²) in [6.07, 6.45) is 7.55. The molecule has 0 bridgehead atoms. The number of hydrogen-bond acceptors (Lipinski definition) is 4. The largest absolute Gasteiger partial charge is 0.370 e. The van der Waals surface area contributed by atoms with Gasteiger partial charge in [0.25, 0.3) is 0 Å². The Hall–Kier alpha value is -1.62. The Morgan fingerprint density at radius 2 is 2.05 bits per heavy atom. The molecule has 0 radical (unpaired) electrons. The molecule has 1 aromatic rings. The zero-order valence-corrected chi connectivity index (χ0v) is 11.9. The number of pyridine rings is 1. The van der Waals surface area contributed by atoms with Crippen molar-refractivity contribution in [2.24, 2.45) is 5.73 Å². The zero-order valence-electron chi connectivity index (χ0n) is 11.9. The first kappa shape index (κ1) is 14.8. The number of carbonyl (C=O) groups is 1. The number of anilines is 1. The first-order chi connectivity index (χ1) is 9.71. The summed E-state index contributed by atoms with van der Waals surface area (Å²) < 4.78 is 0. The predicted octanol–water partition coefficient (Wildman–Crippen LogP) is 1.66. The number of amides is 1. The number of nitrogens with zero attached hydrogens (tertiary/aromatic N) is 1. The maximum atomic E-state index is 12.1. The lowest BCUT2D eigenvalue weighted by Crippen LogP contribution is -2.55. The van der Waals surface area contributed by atoms with Crippen LogP contribution < -0.4 is 16.4 Å². The van der Waals surface area contributed by atoms with E-state index in [1.807, 2.05) is 18.2 Å². The molecule has 5 nitrogen and oxygen atoms in total. The summed E-state index contributed by atoms with van der Waals surface area (Å²) in [7, 11) is 0. The van der Waals surface area contributed by atoms with Gasteiger partial charge in [0.15, 0.2) is 0 Å². The van der Waals surface area contributed by atoms with E-state index in [-0.39, 0.29) is 5.91 Å². The summed E-state index contributed by atoms with van der Waals surface area (Å²) in [5.41, 5.74) is 5.54. The molecule has 0 saturated heterocycles. The van der Waals surface area contributed by atoms with Crippen LogP contribution in [0.4, 0.5) is 5.82 Å². The lowest BCUT2D eigenvalue weighted by atomic mass is 9.82. The van der Waals surface area contributed by atoms with Crippen LogP contribution in [0.1, 0.15) is 38.5 Å². The van der Waals surface area contributed by atoms with Crippen LogP contribution in [-0.2, 0) is 4.79 Å². The van der Waals surface area contributed by atoms with Gasteiger partial charge in [-0.15, -0.1) is 0 Å². The summed E-state index contributed by atoms with van der Waals surface area (Å²) in [6.45, 7) is 1.44. The fraction of sp³-hybridized carbons (Fsp3) is 0.600. The van der Waals surface area contributed by atoms with Crippen molar-refractivity contribution >= 4 is 11.7 Å². The van der Waals surface area contributed by atoms with E-state index < -0.39 is 5.54 Å². The summed E-state index contributed by atoms with van der Waals surface area (Å²) >= 11 is 0. The predicted molar refractivity (Wildman–Crippen MR) is 80.4 cm³/mol. The van der Waals surface area contributed by atoms with Crippen molar-refractivity contribution in [2.75, 3.05) is 18.4 Å². The number of nitrogens with two attached hydrogens (primary N) is 1. The molecule has 1 heterocycles. The Morgan fingerprint density at radius 3 is 2.75 bits per heavy atom. The van der Waals surface area contributed by atoms with E-state index >= 15 is 0 Å². The van der Waals surface area contributed by atoms with E-state index in [2.05, 4.69) is 15.6 Å². The van der Waals surface area contributed by atoms with Crippen molar-refractivity contribution in [2.45, 2.75) is 44.1 Å². The first-order valence-electron chi connectivity index (χ1n) is 7.43. The van der Waals surface area contributed by atoms with Crippen molar-refractivity contribution in [3.8, 4) is 0 Å². The number of carbonyl (C=O) groups excluding carboxylic acids is 1. The lowest BCUT2D eigenvalue weighted by molar-refractivity contribution is -0.127. The molecule has 2 rings (SSSR count). The minimum Gasteiger partial charge on any atom is -0.370 e. The highest BCUT2D eigenvalue weighted by Crippen LogP contribution is 2.25. The molecular weight excluding hydrogens is 252 g/mol. The molecule has 0 aromatic carbocycles. The van der Waals surface area contributed by atoms with Gasteiger partial charge in [0.05, 0.1) is 5.54 Å². The van der Waals surface area contributed by atoms with Crippen molar-refractivity contribution in [3.05, 3.63) is 24.4 Å². The van der Waals surface area contributed by atoms with Gasteiger partial charge in [-0.1, -0.05) is 25.3 Å². The Kier molecular flexibility index (Phi) is 5.35. The molecular formula is C15H24N4O. The molecule has 0 aliphatic heterocycles. The quantitative estimate of drug-likeness (QED) is 0.690. The molecule has 1 saturated carbocycles. The van der Waals surface area contributed by atoms with Gasteiger partial charge in [0, 0.05) is 19.3 Å². The smallest absolute Gasteiger partial charge is 0.240 e.